The number of hydrogen-bond donors (Lipinski definition) is 1. The third-order valence-electron chi connectivity index (χ3n) is 2.51. The molecule has 17 heavy (non-hydrogen) atoms. The molecule has 0 aliphatic rings. The Morgan fingerprint density at radius 1 is 1.47 bits per heavy atom. The molecule has 0 unspecified atom stereocenters. The van der Waals surface area contributed by atoms with Crippen molar-refractivity contribution in [3.05, 3.63) is 41.8 Å². The lowest BCUT2D eigenvalue weighted by molar-refractivity contribution is -0.131. The molecule has 0 atom stereocenters. The van der Waals surface area contributed by atoms with Crippen LogP contribution in [0.3, 0.4) is 0 Å². The van der Waals surface area contributed by atoms with Crippen LogP contribution in [0.25, 0.3) is 10.1 Å². The molecule has 0 fully saturated rings. The number of carboxylic acids is 1. The van der Waals surface area contributed by atoms with Crippen molar-refractivity contribution >= 4 is 33.1 Å². The van der Waals surface area contributed by atoms with Gasteiger partial charge in [-0.15, -0.1) is 11.3 Å². The molecule has 1 heterocycles. The molecule has 0 aliphatic carbocycles. The first-order valence-electron chi connectivity index (χ1n) is 5.25. The van der Waals surface area contributed by atoms with E-state index in [1.165, 1.54) is 16.2 Å². The van der Waals surface area contributed by atoms with Gasteiger partial charge in [0, 0.05) is 35.1 Å². The van der Waals surface area contributed by atoms with E-state index in [0.29, 0.717) is 6.54 Å². The molecule has 0 spiro atoms. The van der Waals surface area contributed by atoms with E-state index in [2.05, 4.69) is 17.5 Å². The van der Waals surface area contributed by atoms with Crippen molar-refractivity contribution in [2.75, 3.05) is 18.5 Å². The second-order valence-corrected chi connectivity index (χ2v) is 4.65. The maximum atomic E-state index is 10.4. The predicted molar refractivity (Wildman–Crippen MR) is 71.9 cm³/mol. The summed E-state index contributed by atoms with van der Waals surface area (Å²) in [6, 6.07) is 8.20. The molecular formula is C13H13NO2S. The molecular weight excluding hydrogens is 234 g/mol. The summed E-state index contributed by atoms with van der Waals surface area (Å²) < 4.78 is 1.25. The van der Waals surface area contributed by atoms with Crippen LogP contribution in [0.15, 0.2) is 41.8 Å². The Morgan fingerprint density at radius 2 is 2.24 bits per heavy atom. The summed E-state index contributed by atoms with van der Waals surface area (Å²) in [7, 11) is 1.96. The van der Waals surface area contributed by atoms with E-state index < -0.39 is 5.97 Å². The molecule has 0 aliphatic heterocycles. The zero-order valence-electron chi connectivity index (χ0n) is 9.46. The van der Waals surface area contributed by atoms with Crippen LogP contribution in [0.2, 0.25) is 0 Å². The number of fused-ring (bicyclic) bond motifs is 1. The van der Waals surface area contributed by atoms with Gasteiger partial charge in [0.05, 0.1) is 5.69 Å². The highest BCUT2D eigenvalue weighted by Crippen LogP contribution is 2.31. The van der Waals surface area contributed by atoms with E-state index in [-0.39, 0.29) is 0 Å². The highest BCUT2D eigenvalue weighted by atomic mass is 32.1. The first-order valence-corrected chi connectivity index (χ1v) is 6.13. The summed E-state index contributed by atoms with van der Waals surface area (Å²) in [6.45, 7) is 0.590. The van der Waals surface area contributed by atoms with E-state index in [9.17, 15) is 4.79 Å². The van der Waals surface area contributed by atoms with Crippen LogP contribution in [0.5, 0.6) is 0 Å². The van der Waals surface area contributed by atoms with Crippen molar-refractivity contribution in [3.8, 4) is 0 Å². The number of benzene rings is 1. The van der Waals surface area contributed by atoms with Gasteiger partial charge in [-0.2, -0.15) is 0 Å². The summed E-state index contributed by atoms with van der Waals surface area (Å²) in [5, 5.41) is 11.8. The Balaban J connectivity index is 2.19. The quantitative estimate of drug-likeness (QED) is 0.844. The minimum Gasteiger partial charge on any atom is -0.478 e. The topological polar surface area (TPSA) is 40.5 Å². The van der Waals surface area contributed by atoms with Crippen molar-refractivity contribution in [1.29, 1.82) is 0 Å². The van der Waals surface area contributed by atoms with Gasteiger partial charge in [-0.25, -0.2) is 4.79 Å². The first kappa shape index (κ1) is 11.7. The fourth-order valence-electron chi connectivity index (χ4n) is 1.67. The molecule has 0 saturated carbocycles. The standard InChI is InChI=1S/C13H13NO2S/c1-14(8-4-7-13(15)16)11-9-17-12-6-3-2-5-10(11)12/h2-7,9H,8H2,1H3,(H,15,16)/b7-4+. The summed E-state index contributed by atoms with van der Waals surface area (Å²) >= 11 is 1.70. The van der Waals surface area contributed by atoms with Gasteiger partial charge in [0.2, 0.25) is 0 Å². The average molecular weight is 247 g/mol. The van der Waals surface area contributed by atoms with Crippen molar-refractivity contribution in [2.24, 2.45) is 0 Å². The largest absolute Gasteiger partial charge is 0.478 e. The van der Waals surface area contributed by atoms with Crippen molar-refractivity contribution in [3.63, 3.8) is 0 Å². The number of anilines is 1. The summed E-state index contributed by atoms with van der Waals surface area (Å²) in [6.07, 6.45) is 2.82. The van der Waals surface area contributed by atoms with Gasteiger partial charge in [0.15, 0.2) is 0 Å². The van der Waals surface area contributed by atoms with E-state index in [4.69, 9.17) is 5.11 Å². The molecule has 2 rings (SSSR count). The second kappa shape index (κ2) is 5.01. The molecule has 88 valence electrons. The number of rotatable bonds is 4. The van der Waals surface area contributed by atoms with Gasteiger partial charge >= 0.3 is 5.97 Å². The molecule has 4 heteroatoms. The molecule has 0 saturated heterocycles. The van der Waals surface area contributed by atoms with Crippen LogP contribution < -0.4 is 4.90 Å². The monoisotopic (exact) mass is 247 g/mol. The maximum absolute atomic E-state index is 10.4. The fraction of sp³-hybridized carbons (Fsp3) is 0.154. The molecule has 2 aromatic rings. The van der Waals surface area contributed by atoms with Crippen LogP contribution in [0, 0.1) is 0 Å². The average Bonchev–Trinajstić information content (AvgIpc) is 2.72. The maximum Gasteiger partial charge on any atom is 0.328 e. The van der Waals surface area contributed by atoms with Gasteiger partial charge in [0.1, 0.15) is 0 Å². The smallest absolute Gasteiger partial charge is 0.328 e. The lowest BCUT2D eigenvalue weighted by atomic mass is 10.2. The normalized spacial score (nSPS) is 11.1. The third-order valence-corrected chi connectivity index (χ3v) is 3.46. The number of likely N-dealkylation sites (N-methyl/N-ethyl adjacent to an activating group) is 1. The van der Waals surface area contributed by atoms with Gasteiger partial charge < -0.3 is 10.0 Å². The molecule has 0 radical (unpaired) electrons. The molecule has 0 bridgehead atoms. The fourth-order valence-corrected chi connectivity index (χ4v) is 2.67. The summed E-state index contributed by atoms with van der Waals surface area (Å²) in [4.78, 5) is 12.4. The van der Waals surface area contributed by atoms with Crippen molar-refractivity contribution in [2.45, 2.75) is 0 Å². The number of thiophene rings is 1. The lowest BCUT2D eigenvalue weighted by Crippen LogP contribution is -2.16. The number of carbonyl (C=O) groups is 1. The Labute approximate surface area is 104 Å². The van der Waals surface area contributed by atoms with E-state index >= 15 is 0 Å². The molecule has 0 amide bonds. The summed E-state index contributed by atoms with van der Waals surface area (Å²) in [5.74, 6) is -0.909. The Bertz CT molecular complexity index is 559. The van der Waals surface area contributed by atoms with Crippen molar-refractivity contribution < 1.29 is 9.90 Å². The number of nitrogens with zero attached hydrogens (tertiary/aromatic N) is 1. The van der Waals surface area contributed by atoms with Crippen LogP contribution in [0.4, 0.5) is 5.69 Å². The SMILES string of the molecule is CN(C/C=C/C(=O)O)c1csc2ccccc12. The zero-order chi connectivity index (χ0) is 12.3. The van der Waals surface area contributed by atoms with Crippen LogP contribution in [-0.2, 0) is 4.79 Å². The van der Waals surface area contributed by atoms with Gasteiger partial charge in [0.25, 0.3) is 0 Å². The van der Waals surface area contributed by atoms with Crippen LogP contribution in [-0.4, -0.2) is 24.7 Å². The van der Waals surface area contributed by atoms with Crippen LogP contribution in [0.1, 0.15) is 0 Å². The predicted octanol–water partition coefficient (Wildman–Crippen LogP) is 2.98. The zero-order valence-corrected chi connectivity index (χ0v) is 10.3. The van der Waals surface area contributed by atoms with Gasteiger partial charge in [-0.1, -0.05) is 24.3 Å². The van der Waals surface area contributed by atoms with E-state index in [1.807, 2.05) is 24.1 Å². The molecule has 1 aromatic heterocycles. The third kappa shape index (κ3) is 2.65. The molecule has 3 nitrogen and oxygen atoms in total. The highest BCUT2D eigenvalue weighted by molar-refractivity contribution is 7.17. The Kier molecular flexibility index (Phi) is 3.44. The minimum absolute atomic E-state index is 0.590. The van der Waals surface area contributed by atoms with E-state index in [1.54, 1.807) is 17.4 Å². The summed E-state index contributed by atoms with van der Waals surface area (Å²) in [5.41, 5.74) is 1.14. The first-order chi connectivity index (χ1) is 8.18. The van der Waals surface area contributed by atoms with Crippen molar-refractivity contribution in [1.82, 2.24) is 0 Å². The Hall–Kier alpha value is -1.81. The van der Waals surface area contributed by atoms with Gasteiger partial charge in [-0.3, -0.25) is 0 Å². The van der Waals surface area contributed by atoms with E-state index in [0.717, 1.165) is 5.69 Å². The minimum atomic E-state index is -0.909. The molecule has 1 aromatic carbocycles. The second-order valence-electron chi connectivity index (χ2n) is 3.74. The van der Waals surface area contributed by atoms with Gasteiger partial charge in [-0.05, 0) is 6.07 Å². The molecule has 1 N–H and O–H groups in total. The number of aliphatic carboxylic acids is 1. The number of hydrogen-bond acceptors (Lipinski definition) is 3. The lowest BCUT2D eigenvalue weighted by Gasteiger charge is -2.15. The van der Waals surface area contributed by atoms with Crippen LogP contribution >= 0.6 is 11.3 Å². The Morgan fingerprint density at radius 3 is 3.00 bits per heavy atom. The number of carboxylic acid groups (broad SMARTS) is 1. The highest BCUT2D eigenvalue weighted by Gasteiger charge is 2.06.